The van der Waals surface area contributed by atoms with E-state index >= 15 is 0 Å². The smallest absolute Gasteiger partial charge is 0.128 e. The van der Waals surface area contributed by atoms with Gasteiger partial charge in [0, 0.05) is 5.92 Å². The van der Waals surface area contributed by atoms with Crippen LogP contribution in [0.4, 0.5) is 0 Å². The van der Waals surface area contributed by atoms with E-state index in [0.29, 0.717) is 23.6 Å². The highest BCUT2D eigenvalue weighted by molar-refractivity contribution is 5.46. The third-order valence-corrected chi connectivity index (χ3v) is 3.17. The summed E-state index contributed by atoms with van der Waals surface area (Å²) in [4.78, 5) is 0. The summed E-state index contributed by atoms with van der Waals surface area (Å²) in [6.07, 6.45) is 1.19. The predicted molar refractivity (Wildman–Crippen MR) is 72.0 cm³/mol. The number of benzene rings is 1. The van der Waals surface area contributed by atoms with Crippen molar-refractivity contribution in [1.82, 2.24) is 0 Å². The van der Waals surface area contributed by atoms with E-state index in [2.05, 4.69) is 6.92 Å². The zero-order valence-corrected chi connectivity index (χ0v) is 11.3. The lowest BCUT2D eigenvalue weighted by molar-refractivity contribution is 0.101. The molecule has 18 heavy (non-hydrogen) atoms. The zero-order valence-electron chi connectivity index (χ0n) is 11.3. The minimum atomic E-state index is -0.666. The molecule has 0 fully saturated rings. The number of aliphatic hydroxyl groups excluding tert-OH is 1. The third kappa shape index (κ3) is 3.15. The van der Waals surface area contributed by atoms with Crippen molar-refractivity contribution in [1.29, 1.82) is 0 Å². The molecular weight excluding hydrogens is 230 g/mol. The summed E-state index contributed by atoms with van der Waals surface area (Å²) in [5.74, 6) is 1.29. The van der Waals surface area contributed by atoms with Crippen molar-refractivity contribution < 1.29 is 14.6 Å². The van der Waals surface area contributed by atoms with E-state index in [1.165, 1.54) is 0 Å². The third-order valence-electron chi connectivity index (χ3n) is 3.17. The molecule has 0 heterocycles. The van der Waals surface area contributed by atoms with Crippen LogP contribution in [0.25, 0.3) is 0 Å². The molecule has 0 aliphatic carbocycles. The molecule has 0 bridgehead atoms. The molecule has 0 aliphatic rings. The maximum atomic E-state index is 10.5. The fourth-order valence-electron chi connectivity index (χ4n) is 2.18. The Labute approximate surface area is 109 Å². The van der Waals surface area contributed by atoms with Gasteiger partial charge in [-0.15, -0.1) is 0 Å². The summed E-state index contributed by atoms with van der Waals surface area (Å²) in [7, 11) is 3.17. The molecule has 1 aromatic rings. The Morgan fingerprint density at radius 3 is 2.17 bits per heavy atom. The molecule has 0 radical (unpaired) electrons. The van der Waals surface area contributed by atoms with E-state index in [9.17, 15) is 5.11 Å². The first kappa shape index (κ1) is 14.8. The van der Waals surface area contributed by atoms with Gasteiger partial charge in [-0.2, -0.15) is 0 Å². The number of aliphatic hydroxyl groups is 1. The quantitative estimate of drug-likeness (QED) is 0.781. The Morgan fingerprint density at radius 1 is 1.22 bits per heavy atom. The monoisotopic (exact) mass is 253 g/mol. The van der Waals surface area contributed by atoms with Gasteiger partial charge in [0.1, 0.15) is 11.5 Å². The Bertz CT molecular complexity index is 346. The van der Waals surface area contributed by atoms with E-state index in [4.69, 9.17) is 15.2 Å². The van der Waals surface area contributed by atoms with Crippen LogP contribution in [0.15, 0.2) is 18.2 Å². The van der Waals surface area contributed by atoms with Crippen LogP contribution >= 0.6 is 0 Å². The second kappa shape index (κ2) is 7.24. The maximum Gasteiger partial charge on any atom is 0.128 e. The molecule has 0 saturated heterocycles. The summed E-state index contributed by atoms with van der Waals surface area (Å²) in [5, 5.41) is 10.5. The van der Waals surface area contributed by atoms with E-state index < -0.39 is 6.10 Å². The fourth-order valence-corrected chi connectivity index (χ4v) is 2.18. The van der Waals surface area contributed by atoms with Crippen LogP contribution in [0.3, 0.4) is 0 Å². The highest BCUT2D eigenvalue weighted by Gasteiger charge is 2.25. The van der Waals surface area contributed by atoms with Gasteiger partial charge >= 0.3 is 0 Å². The maximum absolute atomic E-state index is 10.5. The standard InChI is InChI=1S/C14H23NO3/c1-4-6-10(9-15)14(16)13-11(17-2)7-5-8-12(13)18-3/h5,7-8,10,14,16H,4,6,9,15H2,1-3H3. The van der Waals surface area contributed by atoms with E-state index in [0.717, 1.165) is 12.8 Å². The van der Waals surface area contributed by atoms with Crippen LogP contribution in [0.5, 0.6) is 11.5 Å². The number of hydrogen-bond donors (Lipinski definition) is 2. The topological polar surface area (TPSA) is 64.7 Å². The molecule has 2 unspecified atom stereocenters. The highest BCUT2D eigenvalue weighted by atomic mass is 16.5. The van der Waals surface area contributed by atoms with Gasteiger partial charge in [-0.3, -0.25) is 0 Å². The van der Waals surface area contributed by atoms with Crippen LogP contribution in [-0.4, -0.2) is 25.9 Å². The molecule has 0 amide bonds. The van der Waals surface area contributed by atoms with Crippen molar-refractivity contribution in [2.45, 2.75) is 25.9 Å². The van der Waals surface area contributed by atoms with Gasteiger partial charge in [0.15, 0.2) is 0 Å². The average Bonchev–Trinajstić information content (AvgIpc) is 2.42. The first-order valence-electron chi connectivity index (χ1n) is 6.28. The summed E-state index contributed by atoms with van der Waals surface area (Å²) in [6.45, 7) is 2.52. The summed E-state index contributed by atoms with van der Waals surface area (Å²) < 4.78 is 10.6. The minimum absolute atomic E-state index is 0.0141. The first-order valence-corrected chi connectivity index (χ1v) is 6.28. The normalized spacial score (nSPS) is 14.1. The largest absolute Gasteiger partial charge is 0.496 e. The molecule has 1 rings (SSSR count). The van der Waals surface area contributed by atoms with Crippen LogP contribution in [0.2, 0.25) is 0 Å². The number of rotatable bonds is 7. The van der Waals surface area contributed by atoms with Crippen LogP contribution < -0.4 is 15.2 Å². The molecule has 4 nitrogen and oxygen atoms in total. The SMILES string of the molecule is CCCC(CN)C(O)c1c(OC)cccc1OC. The first-order chi connectivity index (χ1) is 8.69. The molecule has 3 N–H and O–H groups in total. The lowest BCUT2D eigenvalue weighted by Crippen LogP contribution is -2.22. The lowest BCUT2D eigenvalue weighted by atomic mass is 9.91. The van der Waals surface area contributed by atoms with Gasteiger partial charge in [0.25, 0.3) is 0 Å². The molecule has 0 aliphatic heterocycles. The molecule has 1 aromatic carbocycles. The Hall–Kier alpha value is -1.26. The van der Waals surface area contributed by atoms with E-state index in [-0.39, 0.29) is 5.92 Å². The molecule has 4 heteroatoms. The number of hydrogen-bond acceptors (Lipinski definition) is 4. The molecule has 0 aromatic heterocycles. The molecule has 102 valence electrons. The van der Waals surface area contributed by atoms with Crippen molar-refractivity contribution in [3.05, 3.63) is 23.8 Å². The summed E-state index contributed by atoms with van der Waals surface area (Å²) in [5.41, 5.74) is 6.43. The molecule has 0 saturated carbocycles. The minimum Gasteiger partial charge on any atom is -0.496 e. The van der Waals surface area contributed by atoms with Crippen molar-refractivity contribution in [3.8, 4) is 11.5 Å². The van der Waals surface area contributed by atoms with Gasteiger partial charge < -0.3 is 20.3 Å². The zero-order chi connectivity index (χ0) is 13.5. The summed E-state index contributed by atoms with van der Waals surface area (Å²) >= 11 is 0. The Kier molecular flexibility index (Phi) is 5.95. The van der Waals surface area contributed by atoms with Crippen molar-refractivity contribution >= 4 is 0 Å². The fraction of sp³-hybridized carbons (Fsp3) is 0.571. The second-order valence-electron chi connectivity index (χ2n) is 4.31. The molecule has 2 atom stereocenters. The van der Waals surface area contributed by atoms with Crippen LogP contribution in [0.1, 0.15) is 31.4 Å². The van der Waals surface area contributed by atoms with Crippen molar-refractivity contribution in [2.75, 3.05) is 20.8 Å². The number of methoxy groups -OCH3 is 2. The highest BCUT2D eigenvalue weighted by Crippen LogP contribution is 2.38. The Balaban J connectivity index is 3.12. The van der Waals surface area contributed by atoms with Crippen LogP contribution in [0, 0.1) is 5.92 Å². The van der Waals surface area contributed by atoms with E-state index in [1.807, 2.05) is 18.2 Å². The lowest BCUT2D eigenvalue weighted by Gasteiger charge is -2.24. The number of ether oxygens (including phenoxy) is 2. The van der Waals surface area contributed by atoms with Crippen molar-refractivity contribution in [2.24, 2.45) is 11.7 Å². The van der Waals surface area contributed by atoms with Crippen LogP contribution in [-0.2, 0) is 0 Å². The Morgan fingerprint density at radius 2 is 1.78 bits per heavy atom. The molecular formula is C14H23NO3. The van der Waals surface area contributed by atoms with Crippen molar-refractivity contribution in [3.63, 3.8) is 0 Å². The summed E-state index contributed by atoms with van der Waals surface area (Å²) in [6, 6.07) is 5.48. The van der Waals surface area contributed by atoms with Gasteiger partial charge in [-0.25, -0.2) is 0 Å². The average molecular weight is 253 g/mol. The number of nitrogens with two attached hydrogens (primary N) is 1. The predicted octanol–water partition coefficient (Wildman–Crippen LogP) is 2.11. The van der Waals surface area contributed by atoms with Gasteiger partial charge in [-0.05, 0) is 25.1 Å². The van der Waals surface area contributed by atoms with Gasteiger partial charge in [0.05, 0.1) is 25.9 Å². The van der Waals surface area contributed by atoms with Gasteiger partial charge in [-0.1, -0.05) is 19.4 Å². The van der Waals surface area contributed by atoms with E-state index in [1.54, 1.807) is 14.2 Å². The second-order valence-corrected chi connectivity index (χ2v) is 4.31. The molecule has 0 spiro atoms. The van der Waals surface area contributed by atoms with Gasteiger partial charge in [0.2, 0.25) is 0 Å².